The third-order valence-electron chi connectivity index (χ3n) is 4.82. The maximum atomic E-state index is 12.8. The van der Waals surface area contributed by atoms with Gasteiger partial charge >= 0.3 is 6.03 Å². The third-order valence-corrected chi connectivity index (χ3v) is 5.64. The van der Waals surface area contributed by atoms with Gasteiger partial charge in [0, 0.05) is 36.9 Å². The smallest absolute Gasteiger partial charge is 0.324 e. The summed E-state index contributed by atoms with van der Waals surface area (Å²) in [4.78, 5) is 36.6. The van der Waals surface area contributed by atoms with Gasteiger partial charge in [-0.05, 0) is 31.2 Å². The number of nitrogens with one attached hydrogen (secondary N) is 1. The van der Waals surface area contributed by atoms with Crippen molar-refractivity contribution in [1.29, 1.82) is 0 Å². The number of urea groups is 1. The Morgan fingerprint density at radius 3 is 2.64 bits per heavy atom. The second-order valence-electron chi connectivity index (χ2n) is 6.70. The van der Waals surface area contributed by atoms with Gasteiger partial charge in [0.1, 0.15) is 11.0 Å². The zero-order chi connectivity index (χ0) is 19.8. The van der Waals surface area contributed by atoms with Crippen LogP contribution in [0.2, 0.25) is 0 Å². The molecule has 0 aliphatic carbocycles. The first-order valence-electron chi connectivity index (χ1n) is 8.81. The van der Waals surface area contributed by atoms with Crippen molar-refractivity contribution in [2.24, 2.45) is 0 Å². The second kappa shape index (κ2) is 7.08. The predicted octanol–water partition coefficient (Wildman–Crippen LogP) is 3.21. The zero-order valence-corrected chi connectivity index (χ0v) is 16.6. The maximum absolute atomic E-state index is 12.8. The lowest BCUT2D eigenvalue weighted by Crippen LogP contribution is -2.43. The van der Waals surface area contributed by atoms with Crippen molar-refractivity contribution in [2.45, 2.75) is 19.5 Å². The molecule has 0 saturated carbocycles. The average molecular weight is 396 g/mol. The van der Waals surface area contributed by atoms with Crippen LogP contribution in [0, 0.1) is 0 Å². The molecule has 0 radical (unpaired) electrons. The normalized spacial score (nSPS) is 14.8. The van der Waals surface area contributed by atoms with Gasteiger partial charge in [-0.3, -0.25) is 9.69 Å². The van der Waals surface area contributed by atoms with Crippen molar-refractivity contribution in [1.82, 2.24) is 19.4 Å². The van der Waals surface area contributed by atoms with E-state index >= 15 is 0 Å². The first-order valence-corrected chi connectivity index (χ1v) is 9.69. The number of amides is 3. The van der Waals surface area contributed by atoms with Crippen LogP contribution in [0.15, 0.2) is 42.2 Å². The molecule has 0 spiro atoms. The van der Waals surface area contributed by atoms with E-state index in [1.807, 2.05) is 41.1 Å². The van der Waals surface area contributed by atoms with Gasteiger partial charge in [-0.25, -0.2) is 14.8 Å². The van der Waals surface area contributed by atoms with Gasteiger partial charge in [0.25, 0.3) is 0 Å². The lowest BCUT2D eigenvalue weighted by atomic mass is 10.2. The molecule has 1 aromatic carbocycles. The Labute approximate surface area is 166 Å². The summed E-state index contributed by atoms with van der Waals surface area (Å²) in [5.74, 6) is 0.444. The second-order valence-corrected chi connectivity index (χ2v) is 7.59. The molecule has 0 saturated heterocycles. The summed E-state index contributed by atoms with van der Waals surface area (Å²) in [7, 11) is 3.41. The molecule has 1 aliphatic heterocycles. The van der Waals surface area contributed by atoms with Gasteiger partial charge in [-0.1, -0.05) is 0 Å². The molecule has 0 fully saturated rings. The van der Waals surface area contributed by atoms with Crippen molar-refractivity contribution in [2.75, 3.05) is 24.3 Å². The van der Waals surface area contributed by atoms with Crippen molar-refractivity contribution >= 4 is 34.8 Å². The molecule has 9 heteroatoms. The Balaban J connectivity index is 1.50. The Morgan fingerprint density at radius 2 is 1.96 bits per heavy atom. The molecule has 28 heavy (non-hydrogen) atoms. The predicted molar refractivity (Wildman–Crippen MR) is 108 cm³/mol. The van der Waals surface area contributed by atoms with E-state index in [1.165, 1.54) is 4.90 Å². The van der Waals surface area contributed by atoms with Crippen molar-refractivity contribution in [3.63, 3.8) is 0 Å². The molecule has 3 amide bonds. The molecule has 3 heterocycles. The highest BCUT2D eigenvalue weighted by Crippen LogP contribution is 2.28. The summed E-state index contributed by atoms with van der Waals surface area (Å²) in [6.07, 6.45) is 3.38. The lowest BCUT2D eigenvalue weighted by Gasteiger charge is -2.31. The van der Waals surface area contributed by atoms with Crippen LogP contribution in [-0.2, 0) is 11.3 Å². The number of benzene rings is 1. The Bertz CT molecular complexity index is 1010. The number of hydrogen-bond donors (Lipinski definition) is 1. The molecular formula is C19H20N6O2S. The van der Waals surface area contributed by atoms with Crippen LogP contribution in [0.5, 0.6) is 0 Å². The van der Waals surface area contributed by atoms with Crippen LogP contribution in [0.3, 0.4) is 0 Å². The number of anilines is 2. The standard InChI is InChI=1S/C19H20N6O2S/c1-12(25-11-21-16-15(25)10-23(2)19(27)24(16)3)17(26)22-14-6-4-13(5-7-14)18-20-8-9-28-18/h4-9,11-12H,10H2,1-3H3,(H,22,26). The Morgan fingerprint density at radius 1 is 1.21 bits per heavy atom. The van der Waals surface area contributed by atoms with E-state index in [9.17, 15) is 9.59 Å². The molecule has 2 aromatic heterocycles. The topological polar surface area (TPSA) is 83.4 Å². The van der Waals surface area contributed by atoms with Crippen molar-refractivity contribution < 1.29 is 9.59 Å². The SMILES string of the molecule is CC(C(=O)Nc1ccc(-c2nccs2)cc1)n1cnc2c1CN(C)C(=O)N2C. The minimum atomic E-state index is -0.468. The van der Waals surface area contributed by atoms with Crippen LogP contribution in [0.25, 0.3) is 10.6 Å². The maximum Gasteiger partial charge on any atom is 0.325 e. The molecule has 1 unspecified atom stereocenters. The molecule has 1 N–H and O–H groups in total. The first-order chi connectivity index (χ1) is 13.5. The number of hydrogen-bond acceptors (Lipinski definition) is 5. The van der Waals surface area contributed by atoms with E-state index in [4.69, 9.17) is 0 Å². The number of fused-ring (bicyclic) bond motifs is 1. The summed E-state index contributed by atoms with van der Waals surface area (Å²) < 4.78 is 1.81. The highest BCUT2D eigenvalue weighted by molar-refractivity contribution is 7.13. The van der Waals surface area contributed by atoms with Crippen molar-refractivity contribution in [3.05, 3.63) is 47.9 Å². The van der Waals surface area contributed by atoms with Crippen LogP contribution in [0.1, 0.15) is 18.7 Å². The van der Waals surface area contributed by atoms with Gasteiger partial charge in [0.05, 0.1) is 18.6 Å². The largest absolute Gasteiger partial charge is 0.325 e. The van der Waals surface area contributed by atoms with Crippen LogP contribution in [0.4, 0.5) is 16.3 Å². The highest BCUT2D eigenvalue weighted by Gasteiger charge is 2.31. The van der Waals surface area contributed by atoms with Crippen LogP contribution in [-0.4, -0.2) is 45.5 Å². The third kappa shape index (κ3) is 3.13. The number of thiazole rings is 1. The summed E-state index contributed by atoms with van der Waals surface area (Å²) in [6, 6.07) is 7.03. The van der Waals surface area contributed by atoms with Gasteiger partial charge in [-0.15, -0.1) is 11.3 Å². The van der Waals surface area contributed by atoms with Gasteiger partial charge < -0.3 is 14.8 Å². The molecule has 0 bridgehead atoms. The van der Waals surface area contributed by atoms with Crippen molar-refractivity contribution in [3.8, 4) is 10.6 Å². The molecule has 8 nitrogen and oxygen atoms in total. The molecule has 3 aromatic rings. The molecule has 144 valence electrons. The van der Waals surface area contributed by atoms with Crippen LogP contribution >= 0.6 is 11.3 Å². The number of aromatic nitrogens is 3. The van der Waals surface area contributed by atoms with Gasteiger partial charge in [0.2, 0.25) is 5.91 Å². The van der Waals surface area contributed by atoms with E-state index in [-0.39, 0.29) is 11.9 Å². The molecule has 4 rings (SSSR count). The molecule has 1 atom stereocenters. The van der Waals surface area contributed by atoms with E-state index in [2.05, 4.69) is 15.3 Å². The summed E-state index contributed by atoms with van der Waals surface area (Å²) in [6.45, 7) is 2.23. The fourth-order valence-electron chi connectivity index (χ4n) is 3.22. The van der Waals surface area contributed by atoms with E-state index in [0.717, 1.165) is 22.0 Å². The van der Waals surface area contributed by atoms with Gasteiger partial charge in [-0.2, -0.15) is 0 Å². The van der Waals surface area contributed by atoms with Gasteiger partial charge in [0.15, 0.2) is 5.82 Å². The Hall–Kier alpha value is -3.20. The minimum absolute atomic E-state index is 0.116. The number of carbonyl (C=O) groups is 2. The van der Waals surface area contributed by atoms with E-state index in [1.54, 1.807) is 42.9 Å². The zero-order valence-electron chi connectivity index (χ0n) is 15.8. The number of rotatable bonds is 4. The monoisotopic (exact) mass is 396 g/mol. The fraction of sp³-hybridized carbons (Fsp3) is 0.263. The minimum Gasteiger partial charge on any atom is -0.324 e. The summed E-state index contributed by atoms with van der Waals surface area (Å²) in [5.41, 5.74) is 2.57. The summed E-state index contributed by atoms with van der Waals surface area (Å²) >= 11 is 1.57. The molecule has 1 aliphatic rings. The highest BCUT2D eigenvalue weighted by atomic mass is 32.1. The van der Waals surface area contributed by atoms with E-state index in [0.29, 0.717) is 12.4 Å². The quantitative estimate of drug-likeness (QED) is 0.734. The average Bonchev–Trinajstić information content (AvgIpc) is 3.36. The number of nitrogens with zero attached hydrogens (tertiary/aromatic N) is 5. The first kappa shape index (κ1) is 18.2. The van der Waals surface area contributed by atoms with Crippen LogP contribution < -0.4 is 10.2 Å². The molecular weight excluding hydrogens is 376 g/mol. The number of imidazole rings is 1. The Kier molecular flexibility index (Phi) is 4.60. The van der Waals surface area contributed by atoms with E-state index < -0.39 is 6.04 Å². The number of carbonyl (C=O) groups excluding carboxylic acids is 2. The fourth-order valence-corrected chi connectivity index (χ4v) is 3.86. The summed E-state index contributed by atoms with van der Waals surface area (Å²) in [5, 5.41) is 5.82. The lowest BCUT2D eigenvalue weighted by molar-refractivity contribution is -0.118.